The van der Waals surface area contributed by atoms with Gasteiger partial charge < -0.3 is 15.2 Å². The molecule has 6 heteroatoms. The van der Waals surface area contributed by atoms with Gasteiger partial charge in [0.2, 0.25) is 0 Å². The van der Waals surface area contributed by atoms with Crippen LogP contribution in [0.3, 0.4) is 0 Å². The van der Waals surface area contributed by atoms with Gasteiger partial charge in [0.05, 0.1) is 17.7 Å². The van der Waals surface area contributed by atoms with Crippen LogP contribution in [0.25, 0.3) is 0 Å². The molecule has 2 N–H and O–H groups in total. The van der Waals surface area contributed by atoms with Gasteiger partial charge in [0.25, 0.3) is 5.91 Å². The van der Waals surface area contributed by atoms with Crippen molar-refractivity contribution in [1.29, 1.82) is 0 Å². The molecule has 0 aromatic heterocycles. The van der Waals surface area contributed by atoms with E-state index in [1.54, 1.807) is 13.0 Å². The minimum Gasteiger partial charge on any atom is -0.478 e. The average Bonchev–Trinajstić information content (AvgIpc) is 2.36. The van der Waals surface area contributed by atoms with Crippen LogP contribution in [0.15, 0.2) is 24.3 Å². The molecular weight excluding hydrogens is 238 g/mol. The zero-order valence-electron chi connectivity index (χ0n) is 9.80. The third kappa shape index (κ3) is 3.58. The summed E-state index contributed by atoms with van der Waals surface area (Å²) >= 11 is 0. The van der Waals surface area contributed by atoms with Crippen LogP contribution < -0.4 is 5.32 Å². The molecule has 0 aliphatic heterocycles. The second-order valence-corrected chi connectivity index (χ2v) is 3.34. The van der Waals surface area contributed by atoms with Crippen molar-refractivity contribution in [3.63, 3.8) is 0 Å². The van der Waals surface area contributed by atoms with Crippen molar-refractivity contribution < 1.29 is 24.2 Å². The molecule has 0 aliphatic rings. The van der Waals surface area contributed by atoms with E-state index in [9.17, 15) is 14.4 Å². The van der Waals surface area contributed by atoms with E-state index in [0.717, 1.165) is 0 Å². The molecule has 1 aromatic carbocycles. The molecule has 18 heavy (non-hydrogen) atoms. The number of ether oxygens (including phenoxy) is 1. The maximum atomic E-state index is 11.7. The Morgan fingerprint density at radius 2 is 1.83 bits per heavy atom. The first kappa shape index (κ1) is 13.7. The Balaban J connectivity index is 2.73. The lowest BCUT2D eigenvalue weighted by molar-refractivity contribution is -0.141. The van der Waals surface area contributed by atoms with Crippen molar-refractivity contribution in [1.82, 2.24) is 5.32 Å². The van der Waals surface area contributed by atoms with E-state index in [1.807, 2.05) is 0 Å². The van der Waals surface area contributed by atoms with Gasteiger partial charge in [-0.3, -0.25) is 9.59 Å². The normalized spacial score (nSPS) is 9.61. The molecule has 0 saturated carbocycles. The Morgan fingerprint density at radius 1 is 1.22 bits per heavy atom. The molecular formula is C12H13NO5. The number of nitrogens with one attached hydrogen (secondary N) is 1. The van der Waals surface area contributed by atoms with Gasteiger partial charge in [0.15, 0.2) is 0 Å². The Morgan fingerprint density at radius 3 is 2.39 bits per heavy atom. The summed E-state index contributed by atoms with van der Waals surface area (Å²) in [5.74, 6) is -2.39. The van der Waals surface area contributed by atoms with Gasteiger partial charge in [-0.2, -0.15) is 0 Å². The lowest BCUT2D eigenvalue weighted by atomic mass is 10.1. The molecule has 0 fully saturated rings. The average molecular weight is 251 g/mol. The molecule has 1 rings (SSSR count). The first-order chi connectivity index (χ1) is 8.56. The molecule has 1 amide bonds. The fraction of sp³-hybridized carbons (Fsp3) is 0.250. The molecule has 0 aliphatic carbocycles. The van der Waals surface area contributed by atoms with Gasteiger partial charge in [0, 0.05) is 0 Å². The van der Waals surface area contributed by atoms with E-state index in [2.05, 4.69) is 10.1 Å². The van der Waals surface area contributed by atoms with Crippen molar-refractivity contribution in [3.05, 3.63) is 35.4 Å². The summed E-state index contributed by atoms with van der Waals surface area (Å²) in [6.45, 7) is 1.58. The number of esters is 1. The van der Waals surface area contributed by atoms with Crippen LogP contribution in [-0.2, 0) is 9.53 Å². The van der Waals surface area contributed by atoms with Gasteiger partial charge >= 0.3 is 11.9 Å². The summed E-state index contributed by atoms with van der Waals surface area (Å²) in [6.07, 6.45) is 0. The van der Waals surface area contributed by atoms with Crippen LogP contribution in [0, 0.1) is 0 Å². The molecule has 6 nitrogen and oxygen atoms in total. The summed E-state index contributed by atoms with van der Waals surface area (Å²) < 4.78 is 4.64. The number of carboxylic acid groups (broad SMARTS) is 1. The summed E-state index contributed by atoms with van der Waals surface area (Å²) in [5, 5.41) is 11.2. The summed E-state index contributed by atoms with van der Waals surface area (Å²) in [5.41, 5.74) is -0.104. The van der Waals surface area contributed by atoms with Crippen LogP contribution >= 0.6 is 0 Å². The Hall–Kier alpha value is -2.37. The second kappa shape index (κ2) is 6.39. The van der Waals surface area contributed by atoms with Crippen molar-refractivity contribution in [3.8, 4) is 0 Å². The van der Waals surface area contributed by atoms with Crippen LogP contribution in [0.2, 0.25) is 0 Å². The maximum Gasteiger partial charge on any atom is 0.336 e. The number of amides is 1. The molecule has 0 unspecified atom stereocenters. The van der Waals surface area contributed by atoms with Crippen molar-refractivity contribution in [2.45, 2.75) is 6.92 Å². The zero-order valence-corrected chi connectivity index (χ0v) is 9.80. The number of hydrogen-bond donors (Lipinski definition) is 2. The maximum absolute atomic E-state index is 11.7. The Kier molecular flexibility index (Phi) is 4.86. The molecule has 0 heterocycles. The topological polar surface area (TPSA) is 92.7 Å². The molecule has 1 aromatic rings. The Bertz CT molecular complexity index is 469. The van der Waals surface area contributed by atoms with Crippen LogP contribution in [0.4, 0.5) is 0 Å². The first-order valence-corrected chi connectivity index (χ1v) is 5.32. The first-order valence-electron chi connectivity index (χ1n) is 5.32. The van der Waals surface area contributed by atoms with Gasteiger partial charge in [-0.05, 0) is 19.1 Å². The van der Waals surface area contributed by atoms with E-state index in [-0.39, 0.29) is 24.3 Å². The van der Waals surface area contributed by atoms with Crippen LogP contribution in [-0.4, -0.2) is 36.1 Å². The van der Waals surface area contributed by atoms with Gasteiger partial charge in [-0.15, -0.1) is 0 Å². The highest BCUT2D eigenvalue weighted by Gasteiger charge is 2.16. The minimum absolute atomic E-state index is 0.00861. The molecule has 0 bridgehead atoms. The predicted octanol–water partition coefficient (Wildman–Crippen LogP) is 0.678. The molecule has 0 radical (unpaired) electrons. The molecule has 96 valence electrons. The van der Waals surface area contributed by atoms with Gasteiger partial charge in [-0.1, -0.05) is 12.1 Å². The van der Waals surface area contributed by atoms with Gasteiger partial charge in [-0.25, -0.2) is 4.79 Å². The van der Waals surface area contributed by atoms with Crippen molar-refractivity contribution >= 4 is 17.8 Å². The van der Waals surface area contributed by atoms with Crippen LogP contribution in [0.5, 0.6) is 0 Å². The molecule has 0 saturated heterocycles. The van der Waals surface area contributed by atoms with E-state index in [1.165, 1.54) is 18.2 Å². The number of hydrogen-bond acceptors (Lipinski definition) is 4. The largest absolute Gasteiger partial charge is 0.478 e. The lowest BCUT2D eigenvalue weighted by Crippen LogP contribution is -2.31. The number of aromatic carboxylic acids is 1. The van der Waals surface area contributed by atoms with E-state index in [0.29, 0.717) is 0 Å². The zero-order chi connectivity index (χ0) is 13.5. The van der Waals surface area contributed by atoms with Crippen molar-refractivity contribution in [2.75, 3.05) is 13.2 Å². The summed E-state index contributed by atoms with van der Waals surface area (Å²) in [4.78, 5) is 33.6. The number of benzene rings is 1. The third-order valence-electron chi connectivity index (χ3n) is 2.10. The van der Waals surface area contributed by atoms with E-state index in [4.69, 9.17) is 5.11 Å². The predicted molar refractivity (Wildman–Crippen MR) is 62.4 cm³/mol. The quantitative estimate of drug-likeness (QED) is 0.750. The summed E-state index contributed by atoms with van der Waals surface area (Å²) in [7, 11) is 0. The Labute approximate surface area is 104 Å². The van der Waals surface area contributed by atoms with Gasteiger partial charge in [0.1, 0.15) is 6.54 Å². The second-order valence-electron chi connectivity index (χ2n) is 3.34. The standard InChI is InChI=1S/C12H13NO5/c1-2-18-10(14)7-13-11(15)8-5-3-4-6-9(8)12(16)17/h3-6H,2,7H2,1H3,(H,13,15)(H,16,17). The highest BCUT2D eigenvalue weighted by Crippen LogP contribution is 2.08. The third-order valence-corrected chi connectivity index (χ3v) is 2.10. The summed E-state index contributed by atoms with van der Waals surface area (Å²) in [6, 6.07) is 5.77. The number of carbonyl (C=O) groups excluding carboxylic acids is 2. The number of carboxylic acids is 1. The highest BCUT2D eigenvalue weighted by atomic mass is 16.5. The van der Waals surface area contributed by atoms with E-state index < -0.39 is 17.8 Å². The SMILES string of the molecule is CCOC(=O)CNC(=O)c1ccccc1C(=O)O. The lowest BCUT2D eigenvalue weighted by Gasteiger charge is -2.07. The minimum atomic E-state index is -1.20. The smallest absolute Gasteiger partial charge is 0.336 e. The molecule has 0 atom stereocenters. The highest BCUT2D eigenvalue weighted by molar-refractivity contribution is 6.05. The fourth-order valence-corrected chi connectivity index (χ4v) is 1.33. The number of rotatable bonds is 5. The molecule has 0 spiro atoms. The van der Waals surface area contributed by atoms with E-state index >= 15 is 0 Å². The van der Waals surface area contributed by atoms with Crippen LogP contribution in [0.1, 0.15) is 27.6 Å². The number of carbonyl (C=O) groups is 3. The fourth-order valence-electron chi connectivity index (χ4n) is 1.33. The van der Waals surface area contributed by atoms with Crippen molar-refractivity contribution in [2.24, 2.45) is 0 Å². The monoisotopic (exact) mass is 251 g/mol.